The second kappa shape index (κ2) is 13.9. The maximum absolute atomic E-state index is 12.0. The third-order valence-electron chi connectivity index (χ3n) is 4.34. The molecule has 0 saturated carbocycles. The van der Waals surface area contributed by atoms with Crippen LogP contribution >= 0.6 is 11.6 Å². The number of halogens is 1. The Labute approximate surface area is 193 Å². The van der Waals surface area contributed by atoms with E-state index in [0.717, 1.165) is 37.3 Å². The molecular formula is C25H27ClO6. The lowest BCUT2D eigenvalue weighted by Gasteiger charge is -2.11. The molecule has 0 saturated heterocycles. The summed E-state index contributed by atoms with van der Waals surface area (Å²) in [5.41, 5.74) is 0.774. The molecule has 0 fully saturated rings. The molecule has 6 nitrogen and oxygen atoms in total. The average molecular weight is 459 g/mol. The standard InChI is InChI=1S/C25H27ClO6/c1-3-24(27)31-17-7-5-4-6-16-30-22-14-8-19(18-23(22)29-2)9-15-25(28)32-21-12-10-20(26)11-13-21/h3,8-15,18H,1,4-7,16-17H2,2H3. The van der Waals surface area contributed by atoms with Gasteiger partial charge in [-0.05, 0) is 73.7 Å². The molecule has 0 spiro atoms. The summed E-state index contributed by atoms with van der Waals surface area (Å²) in [4.78, 5) is 22.9. The highest BCUT2D eigenvalue weighted by Crippen LogP contribution is 2.29. The number of methoxy groups -OCH3 is 1. The van der Waals surface area contributed by atoms with Gasteiger partial charge in [-0.3, -0.25) is 0 Å². The molecule has 2 aromatic carbocycles. The molecule has 0 aliphatic rings. The molecule has 0 amide bonds. The van der Waals surface area contributed by atoms with E-state index in [1.54, 1.807) is 49.6 Å². The fourth-order valence-corrected chi connectivity index (χ4v) is 2.82. The fraction of sp³-hybridized carbons (Fsp3) is 0.280. The van der Waals surface area contributed by atoms with E-state index in [1.807, 2.05) is 6.07 Å². The summed E-state index contributed by atoms with van der Waals surface area (Å²) < 4.78 is 21.4. The highest BCUT2D eigenvalue weighted by molar-refractivity contribution is 6.30. The predicted octanol–water partition coefficient (Wildman–Crippen LogP) is 5.64. The number of benzene rings is 2. The molecular weight excluding hydrogens is 432 g/mol. The van der Waals surface area contributed by atoms with Crippen molar-refractivity contribution < 1.29 is 28.5 Å². The molecule has 0 unspecified atom stereocenters. The first kappa shape index (κ1) is 25.0. The summed E-state index contributed by atoms with van der Waals surface area (Å²) in [7, 11) is 1.56. The summed E-state index contributed by atoms with van der Waals surface area (Å²) in [6, 6.07) is 12.0. The molecule has 7 heteroatoms. The number of carbonyl (C=O) groups excluding carboxylic acids is 2. The number of carbonyl (C=O) groups is 2. The van der Waals surface area contributed by atoms with Crippen molar-refractivity contribution in [3.8, 4) is 17.2 Å². The van der Waals surface area contributed by atoms with Gasteiger partial charge in [0.2, 0.25) is 0 Å². The summed E-state index contributed by atoms with van der Waals surface area (Å²) in [6.45, 7) is 4.31. The van der Waals surface area contributed by atoms with Crippen LogP contribution in [0.3, 0.4) is 0 Å². The molecule has 0 heterocycles. The monoisotopic (exact) mass is 458 g/mol. The van der Waals surface area contributed by atoms with Gasteiger partial charge in [0.05, 0.1) is 20.3 Å². The smallest absolute Gasteiger partial charge is 0.336 e. The van der Waals surface area contributed by atoms with E-state index < -0.39 is 11.9 Å². The van der Waals surface area contributed by atoms with Crippen LogP contribution < -0.4 is 14.2 Å². The third-order valence-corrected chi connectivity index (χ3v) is 4.59. The number of hydrogen-bond donors (Lipinski definition) is 0. The summed E-state index contributed by atoms with van der Waals surface area (Å²) in [5, 5.41) is 0.571. The second-order valence-electron chi connectivity index (χ2n) is 6.75. The first-order valence-electron chi connectivity index (χ1n) is 10.3. The topological polar surface area (TPSA) is 71.1 Å². The molecule has 2 aromatic rings. The first-order chi connectivity index (χ1) is 15.5. The lowest BCUT2D eigenvalue weighted by molar-refractivity contribution is -0.137. The van der Waals surface area contributed by atoms with Gasteiger partial charge in [-0.1, -0.05) is 24.2 Å². The Balaban J connectivity index is 1.76. The Morgan fingerprint density at radius 3 is 2.34 bits per heavy atom. The van der Waals surface area contributed by atoms with Crippen LogP contribution in [0.25, 0.3) is 6.08 Å². The zero-order valence-corrected chi connectivity index (χ0v) is 18.8. The van der Waals surface area contributed by atoms with Crippen molar-refractivity contribution in [1.29, 1.82) is 0 Å². The molecule has 0 radical (unpaired) electrons. The van der Waals surface area contributed by atoms with Crippen LogP contribution in [0, 0.1) is 0 Å². The second-order valence-corrected chi connectivity index (χ2v) is 7.19. The van der Waals surface area contributed by atoms with Crippen LogP contribution in [0.2, 0.25) is 5.02 Å². The van der Waals surface area contributed by atoms with Crippen LogP contribution in [0.15, 0.2) is 61.2 Å². The highest BCUT2D eigenvalue weighted by Gasteiger charge is 2.06. The van der Waals surface area contributed by atoms with E-state index in [0.29, 0.717) is 35.5 Å². The number of unbranched alkanes of at least 4 members (excludes halogenated alkanes) is 3. The van der Waals surface area contributed by atoms with Crippen molar-refractivity contribution in [2.24, 2.45) is 0 Å². The number of rotatable bonds is 13. The maximum Gasteiger partial charge on any atom is 0.336 e. The Hall–Kier alpha value is -3.25. The highest BCUT2D eigenvalue weighted by atomic mass is 35.5. The van der Waals surface area contributed by atoms with E-state index in [-0.39, 0.29) is 0 Å². The lowest BCUT2D eigenvalue weighted by Crippen LogP contribution is -2.03. The largest absolute Gasteiger partial charge is 0.493 e. The van der Waals surface area contributed by atoms with Gasteiger partial charge in [0.25, 0.3) is 0 Å². The van der Waals surface area contributed by atoms with Gasteiger partial charge in [-0.2, -0.15) is 0 Å². The molecule has 0 atom stereocenters. The molecule has 2 rings (SSSR count). The van der Waals surface area contributed by atoms with Crippen molar-refractivity contribution in [3.63, 3.8) is 0 Å². The molecule has 0 aromatic heterocycles. The van der Waals surface area contributed by atoms with Crippen molar-refractivity contribution >= 4 is 29.6 Å². The SMILES string of the molecule is C=CC(=O)OCCCCCCOc1ccc(C=CC(=O)Oc2ccc(Cl)cc2)cc1OC. The minimum Gasteiger partial charge on any atom is -0.493 e. The number of esters is 2. The van der Waals surface area contributed by atoms with E-state index in [1.165, 1.54) is 6.08 Å². The zero-order chi connectivity index (χ0) is 23.2. The van der Waals surface area contributed by atoms with Gasteiger partial charge in [-0.15, -0.1) is 0 Å². The van der Waals surface area contributed by atoms with E-state index in [4.69, 9.17) is 30.5 Å². The van der Waals surface area contributed by atoms with Gasteiger partial charge >= 0.3 is 11.9 Å². The molecule has 170 valence electrons. The van der Waals surface area contributed by atoms with Crippen LogP contribution in [-0.4, -0.2) is 32.3 Å². The van der Waals surface area contributed by atoms with Crippen LogP contribution in [0.4, 0.5) is 0 Å². The fourth-order valence-electron chi connectivity index (χ4n) is 2.70. The Morgan fingerprint density at radius 2 is 1.66 bits per heavy atom. The van der Waals surface area contributed by atoms with Crippen molar-refractivity contribution in [2.75, 3.05) is 20.3 Å². The Morgan fingerprint density at radius 1 is 0.938 bits per heavy atom. The summed E-state index contributed by atoms with van der Waals surface area (Å²) in [6.07, 6.45) is 7.74. The van der Waals surface area contributed by atoms with Crippen molar-refractivity contribution in [2.45, 2.75) is 25.7 Å². The molecule has 0 aliphatic carbocycles. The Bertz CT molecular complexity index is 921. The molecule has 0 aliphatic heterocycles. The van der Waals surface area contributed by atoms with Gasteiger partial charge in [0.15, 0.2) is 11.5 Å². The van der Waals surface area contributed by atoms with Gasteiger partial charge < -0.3 is 18.9 Å². The van der Waals surface area contributed by atoms with Crippen LogP contribution in [0.1, 0.15) is 31.2 Å². The minimum absolute atomic E-state index is 0.392. The van der Waals surface area contributed by atoms with E-state index in [9.17, 15) is 9.59 Å². The third kappa shape index (κ3) is 9.27. The normalized spacial score (nSPS) is 10.6. The molecule has 0 N–H and O–H groups in total. The molecule has 32 heavy (non-hydrogen) atoms. The van der Waals surface area contributed by atoms with Gasteiger partial charge in [-0.25, -0.2) is 9.59 Å². The van der Waals surface area contributed by atoms with Crippen molar-refractivity contribution in [3.05, 3.63) is 71.8 Å². The first-order valence-corrected chi connectivity index (χ1v) is 10.6. The zero-order valence-electron chi connectivity index (χ0n) is 18.1. The minimum atomic E-state index is -0.495. The van der Waals surface area contributed by atoms with Gasteiger partial charge in [0.1, 0.15) is 5.75 Å². The van der Waals surface area contributed by atoms with Crippen molar-refractivity contribution in [1.82, 2.24) is 0 Å². The van der Waals surface area contributed by atoms with Crippen LogP contribution in [0.5, 0.6) is 17.2 Å². The molecule has 0 bridgehead atoms. The lowest BCUT2D eigenvalue weighted by atomic mass is 10.2. The van der Waals surface area contributed by atoms with Crippen LogP contribution in [-0.2, 0) is 14.3 Å². The summed E-state index contributed by atoms with van der Waals surface area (Å²) in [5.74, 6) is 0.744. The quantitative estimate of drug-likeness (QED) is 0.167. The van der Waals surface area contributed by atoms with Gasteiger partial charge in [0, 0.05) is 17.2 Å². The summed E-state index contributed by atoms with van der Waals surface area (Å²) >= 11 is 5.82. The van der Waals surface area contributed by atoms with E-state index >= 15 is 0 Å². The number of ether oxygens (including phenoxy) is 4. The maximum atomic E-state index is 12.0. The average Bonchev–Trinajstić information content (AvgIpc) is 2.81. The Kier molecular flexibility index (Phi) is 10.9. The van der Waals surface area contributed by atoms with E-state index in [2.05, 4.69) is 6.58 Å². The number of hydrogen-bond acceptors (Lipinski definition) is 6. The predicted molar refractivity (Wildman–Crippen MR) is 124 cm³/mol.